The molecule has 0 spiro atoms. The molecule has 0 saturated heterocycles. The van der Waals surface area contributed by atoms with Crippen molar-refractivity contribution in [3.8, 4) is 0 Å². The maximum Gasteiger partial charge on any atom is 0.257 e. The third-order valence-electron chi connectivity index (χ3n) is 2.25. The van der Waals surface area contributed by atoms with E-state index < -0.39 is 0 Å². The Hall–Kier alpha value is -1.79. The molecule has 4 nitrogen and oxygen atoms in total. The first kappa shape index (κ1) is 12.7. The zero-order valence-electron chi connectivity index (χ0n) is 9.42. The first-order chi connectivity index (χ1) is 8.65. The summed E-state index contributed by atoms with van der Waals surface area (Å²) < 4.78 is 0. The minimum atomic E-state index is -0.174. The van der Waals surface area contributed by atoms with E-state index in [1.54, 1.807) is 23.7 Å². The van der Waals surface area contributed by atoms with Gasteiger partial charge < -0.3 is 5.73 Å². The highest BCUT2D eigenvalue weighted by atomic mass is 32.1. The molecule has 92 valence electrons. The quantitative estimate of drug-likeness (QED) is 0.841. The lowest BCUT2D eigenvalue weighted by Gasteiger charge is -2.03. The second-order valence-corrected chi connectivity index (χ2v) is 5.05. The van der Waals surface area contributed by atoms with Gasteiger partial charge in [0.05, 0.1) is 4.99 Å². The molecule has 2 aromatic rings. The van der Waals surface area contributed by atoms with E-state index in [1.807, 2.05) is 12.1 Å². The Morgan fingerprint density at radius 1 is 1.39 bits per heavy atom. The number of aromatic nitrogens is 1. The lowest BCUT2D eigenvalue weighted by Crippen LogP contribution is -2.13. The predicted molar refractivity (Wildman–Crippen MR) is 77.0 cm³/mol. The maximum atomic E-state index is 11.9. The third kappa shape index (κ3) is 3.35. The molecule has 0 atom stereocenters. The highest BCUT2D eigenvalue weighted by Crippen LogP contribution is 2.13. The van der Waals surface area contributed by atoms with Crippen molar-refractivity contribution in [3.63, 3.8) is 0 Å². The SMILES string of the molecule is NC(=S)Cc1ccc(C(=O)Nc2nccs2)cc1. The van der Waals surface area contributed by atoms with Crippen molar-refractivity contribution in [3.05, 3.63) is 47.0 Å². The highest BCUT2D eigenvalue weighted by molar-refractivity contribution is 7.80. The first-order valence-electron chi connectivity index (χ1n) is 5.23. The van der Waals surface area contributed by atoms with Crippen LogP contribution in [0.1, 0.15) is 15.9 Å². The zero-order chi connectivity index (χ0) is 13.0. The van der Waals surface area contributed by atoms with Crippen LogP contribution in [0.25, 0.3) is 0 Å². The molecule has 1 heterocycles. The largest absolute Gasteiger partial charge is 0.393 e. The molecule has 1 aromatic heterocycles. The molecule has 2 rings (SSSR count). The average Bonchev–Trinajstić information content (AvgIpc) is 2.82. The van der Waals surface area contributed by atoms with E-state index in [2.05, 4.69) is 10.3 Å². The fourth-order valence-electron chi connectivity index (χ4n) is 1.43. The number of carbonyl (C=O) groups is 1. The summed E-state index contributed by atoms with van der Waals surface area (Å²) in [6.07, 6.45) is 2.19. The van der Waals surface area contributed by atoms with Crippen molar-refractivity contribution in [2.24, 2.45) is 5.73 Å². The first-order valence-corrected chi connectivity index (χ1v) is 6.52. The molecule has 0 fully saturated rings. The monoisotopic (exact) mass is 277 g/mol. The molecule has 18 heavy (non-hydrogen) atoms. The van der Waals surface area contributed by atoms with E-state index in [0.717, 1.165) is 5.56 Å². The topological polar surface area (TPSA) is 68.0 Å². The van der Waals surface area contributed by atoms with Gasteiger partial charge in [0, 0.05) is 23.6 Å². The van der Waals surface area contributed by atoms with E-state index >= 15 is 0 Å². The van der Waals surface area contributed by atoms with E-state index in [-0.39, 0.29) is 5.91 Å². The van der Waals surface area contributed by atoms with Crippen molar-refractivity contribution in [1.29, 1.82) is 0 Å². The summed E-state index contributed by atoms with van der Waals surface area (Å²) in [6, 6.07) is 7.18. The molecule has 0 bridgehead atoms. The Bertz CT molecular complexity index is 549. The number of anilines is 1. The normalized spacial score (nSPS) is 10.0. The molecule has 1 amide bonds. The van der Waals surface area contributed by atoms with E-state index in [1.165, 1.54) is 11.3 Å². The predicted octanol–water partition coefficient (Wildman–Crippen LogP) is 2.22. The number of thiazole rings is 1. The Kier molecular flexibility index (Phi) is 4.01. The summed E-state index contributed by atoms with van der Waals surface area (Å²) >= 11 is 6.21. The molecule has 0 aliphatic carbocycles. The fourth-order valence-corrected chi connectivity index (χ4v) is 2.12. The number of amides is 1. The van der Waals surface area contributed by atoms with Gasteiger partial charge in [0.25, 0.3) is 5.91 Å². The summed E-state index contributed by atoms with van der Waals surface area (Å²) in [7, 11) is 0. The number of carbonyl (C=O) groups excluding carboxylic acids is 1. The third-order valence-corrected chi connectivity index (χ3v) is 3.08. The fraction of sp³-hybridized carbons (Fsp3) is 0.0833. The van der Waals surface area contributed by atoms with Gasteiger partial charge in [0.2, 0.25) is 0 Å². The number of rotatable bonds is 4. The highest BCUT2D eigenvalue weighted by Gasteiger charge is 2.07. The van der Waals surface area contributed by atoms with Crippen molar-refractivity contribution in [1.82, 2.24) is 4.98 Å². The molecule has 0 saturated carbocycles. The van der Waals surface area contributed by atoms with E-state index in [0.29, 0.717) is 22.1 Å². The van der Waals surface area contributed by atoms with Gasteiger partial charge in [-0.2, -0.15) is 0 Å². The van der Waals surface area contributed by atoms with Crippen LogP contribution >= 0.6 is 23.6 Å². The minimum absolute atomic E-state index is 0.174. The molecule has 0 unspecified atom stereocenters. The summed E-state index contributed by atoms with van der Waals surface area (Å²) in [6.45, 7) is 0. The van der Waals surface area contributed by atoms with Gasteiger partial charge in [-0.05, 0) is 17.7 Å². The van der Waals surface area contributed by atoms with Crippen molar-refractivity contribution < 1.29 is 4.79 Å². The van der Waals surface area contributed by atoms with E-state index in [4.69, 9.17) is 18.0 Å². The minimum Gasteiger partial charge on any atom is -0.393 e. The Morgan fingerprint density at radius 3 is 2.67 bits per heavy atom. The van der Waals surface area contributed by atoms with Gasteiger partial charge in [0.1, 0.15) is 0 Å². The van der Waals surface area contributed by atoms with Crippen LogP contribution in [0, 0.1) is 0 Å². The summed E-state index contributed by atoms with van der Waals surface area (Å²) in [4.78, 5) is 16.3. The molecule has 0 aliphatic rings. The average molecular weight is 277 g/mol. The van der Waals surface area contributed by atoms with Crippen LogP contribution in [-0.4, -0.2) is 15.9 Å². The summed E-state index contributed by atoms with van der Waals surface area (Å²) in [5, 5.41) is 5.11. The van der Waals surface area contributed by atoms with Crippen molar-refractivity contribution in [2.75, 3.05) is 5.32 Å². The van der Waals surface area contributed by atoms with Gasteiger partial charge in [-0.15, -0.1) is 11.3 Å². The van der Waals surface area contributed by atoms with Crippen LogP contribution in [0.5, 0.6) is 0 Å². The molecule has 0 aliphatic heterocycles. The molecular formula is C12H11N3OS2. The summed E-state index contributed by atoms with van der Waals surface area (Å²) in [5.74, 6) is -0.174. The van der Waals surface area contributed by atoms with Gasteiger partial charge in [0.15, 0.2) is 5.13 Å². The van der Waals surface area contributed by atoms with Crippen molar-refractivity contribution >= 4 is 39.6 Å². The molecular weight excluding hydrogens is 266 g/mol. The second-order valence-electron chi connectivity index (χ2n) is 3.63. The number of thiocarbonyl (C=S) groups is 1. The number of benzene rings is 1. The lowest BCUT2D eigenvalue weighted by atomic mass is 10.1. The van der Waals surface area contributed by atoms with E-state index in [9.17, 15) is 4.79 Å². The second kappa shape index (κ2) is 5.70. The number of nitrogens with one attached hydrogen (secondary N) is 1. The molecule has 0 radical (unpaired) electrons. The van der Waals surface area contributed by atoms with Crippen LogP contribution in [0.4, 0.5) is 5.13 Å². The Balaban J connectivity index is 2.05. The Morgan fingerprint density at radius 2 is 2.11 bits per heavy atom. The zero-order valence-corrected chi connectivity index (χ0v) is 11.1. The standard InChI is InChI=1S/C12H11N3OS2/c13-10(17)7-8-1-3-9(4-2-8)11(16)15-12-14-5-6-18-12/h1-6H,7H2,(H2,13,17)(H,14,15,16). The van der Waals surface area contributed by atoms with Gasteiger partial charge in [-0.25, -0.2) is 4.98 Å². The van der Waals surface area contributed by atoms with Crippen LogP contribution in [0.3, 0.4) is 0 Å². The molecule has 1 aromatic carbocycles. The number of nitrogens with two attached hydrogens (primary N) is 1. The molecule has 6 heteroatoms. The van der Waals surface area contributed by atoms with Gasteiger partial charge >= 0.3 is 0 Å². The van der Waals surface area contributed by atoms with Crippen LogP contribution < -0.4 is 11.1 Å². The van der Waals surface area contributed by atoms with Crippen LogP contribution in [0.2, 0.25) is 0 Å². The van der Waals surface area contributed by atoms with Gasteiger partial charge in [-0.1, -0.05) is 24.4 Å². The van der Waals surface area contributed by atoms with Crippen molar-refractivity contribution in [2.45, 2.75) is 6.42 Å². The van der Waals surface area contributed by atoms with Gasteiger partial charge in [-0.3, -0.25) is 10.1 Å². The van der Waals surface area contributed by atoms with Crippen LogP contribution in [-0.2, 0) is 6.42 Å². The smallest absolute Gasteiger partial charge is 0.257 e. The maximum absolute atomic E-state index is 11.9. The molecule has 3 N–H and O–H groups in total. The number of hydrogen-bond acceptors (Lipinski definition) is 4. The Labute approximate surface area is 114 Å². The number of hydrogen-bond donors (Lipinski definition) is 2. The summed E-state index contributed by atoms with van der Waals surface area (Å²) in [5.41, 5.74) is 7.03. The number of nitrogens with zero attached hydrogens (tertiary/aromatic N) is 1. The van der Waals surface area contributed by atoms with Crippen LogP contribution in [0.15, 0.2) is 35.8 Å². The lowest BCUT2D eigenvalue weighted by molar-refractivity contribution is 0.102.